The van der Waals surface area contributed by atoms with Gasteiger partial charge in [-0.25, -0.2) is 4.98 Å². The third kappa shape index (κ3) is 5.02. The van der Waals surface area contributed by atoms with Crippen molar-refractivity contribution in [2.45, 2.75) is 39.3 Å². The van der Waals surface area contributed by atoms with E-state index in [-0.39, 0.29) is 18.1 Å². The first-order valence-electron chi connectivity index (χ1n) is 9.04. The second-order valence-corrected chi connectivity index (χ2v) is 8.66. The minimum absolute atomic E-state index is 0.113. The molecule has 0 unspecified atom stereocenters. The smallest absolute Gasteiger partial charge is 0.277 e. The van der Waals surface area contributed by atoms with Crippen molar-refractivity contribution in [2.75, 3.05) is 17.2 Å². The normalized spacial score (nSPS) is 10.7. The second-order valence-electron chi connectivity index (χ2n) is 6.53. The lowest BCUT2D eigenvalue weighted by molar-refractivity contribution is -0.116. The summed E-state index contributed by atoms with van der Waals surface area (Å²) in [5, 5.41) is 18.3. The predicted octanol–water partition coefficient (Wildman–Crippen LogP) is 4.47. The molecule has 0 aliphatic carbocycles. The van der Waals surface area contributed by atoms with Crippen LogP contribution in [-0.4, -0.2) is 33.4 Å². The Labute approximate surface area is 177 Å². The van der Waals surface area contributed by atoms with Crippen LogP contribution in [0.4, 0.5) is 5.69 Å². The van der Waals surface area contributed by atoms with E-state index < -0.39 is 0 Å². The molecule has 0 saturated carbocycles. The van der Waals surface area contributed by atoms with Crippen LogP contribution < -0.4 is 4.90 Å². The number of thioether (sulfide) groups is 1. The Kier molecular flexibility index (Phi) is 6.67. The highest BCUT2D eigenvalue weighted by atomic mass is 32.2. The molecular formula is C20H21N5O2S2. The van der Waals surface area contributed by atoms with E-state index >= 15 is 0 Å². The first-order valence-corrected chi connectivity index (χ1v) is 10.8. The molecule has 0 aliphatic rings. The van der Waals surface area contributed by atoms with Gasteiger partial charge in [0, 0.05) is 12.2 Å². The van der Waals surface area contributed by atoms with Crippen molar-refractivity contribution in [1.82, 2.24) is 15.2 Å². The zero-order valence-corrected chi connectivity index (χ0v) is 18.4. The number of carbonyl (C=O) groups is 1. The second kappa shape index (κ2) is 9.20. The van der Waals surface area contributed by atoms with Gasteiger partial charge in [-0.05, 0) is 51.0 Å². The number of nitrogens with zero attached hydrogens (tertiary/aromatic N) is 5. The van der Waals surface area contributed by atoms with Crippen molar-refractivity contribution >= 4 is 34.7 Å². The topological polar surface area (TPSA) is 95.9 Å². The van der Waals surface area contributed by atoms with E-state index in [1.54, 1.807) is 4.90 Å². The Balaban J connectivity index is 1.71. The maximum atomic E-state index is 12.9. The number of benzene rings is 1. The molecule has 3 rings (SSSR count). The van der Waals surface area contributed by atoms with Crippen molar-refractivity contribution in [3.8, 4) is 16.8 Å². The average molecular weight is 428 g/mol. The van der Waals surface area contributed by atoms with Crippen molar-refractivity contribution < 1.29 is 9.21 Å². The number of carbonyl (C=O) groups excluding carboxylic acids is 1. The third-order valence-corrected chi connectivity index (χ3v) is 6.24. The number of aryl methyl sites for hydroxylation is 4. The van der Waals surface area contributed by atoms with Gasteiger partial charge in [0.1, 0.15) is 4.88 Å². The molecule has 0 bridgehead atoms. The molecule has 0 saturated heterocycles. The molecule has 3 aromatic rings. The SMILES string of the molecule is Cc1nc(C)c(-c2nnc(SCC(=O)N(CCC#N)c3ccc(C)c(C)c3)o2)s1. The van der Waals surface area contributed by atoms with Gasteiger partial charge in [0.25, 0.3) is 11.1 Å². The molecule has 0 radical (unpaired) electrons. The summed E-state index contributed by atoms with van der Waals surface area (Å²) in [5.41, 5.74) is 3.89. The summed E-state index contributed by atoms with van der Waals surface area (Å²) in [6, 6.07) is 7.96. The van der Waals surface area contributed by atoms with Gasteiger partial charge in [0.15, 0.2) is 0 Å². The average Bonchev–Trinajstić information content (AvgIpc) is 3.28. The summed E-state index contributed by atoms with van der Waals surface area (Å²) in [7, 11) is 0. The summed E-state index contributed by atoms with van der Waals surface area (Å²) in [5.74, 6) is 0.442. The molecule has 0 spiro atoms. The molecule has 1 aromatic carbocycles. The Morgan fingerprint density at radius 3 is 2.69 bits per heavy atom. The Morgan fingerprint density at radius 2 is 2.03 bits per heavy atom. The lowest BCUT2D eigenvalue weighted by atomic mass is 10.1. The number of hydrogen-bond donors (Lipinski definition) is 0. The van der Waals surface area contributed by atoms with Gasteiger partial charge < -0.3 is 9.32 Å². The molecule has 0 N–H and O–H groups in total. The van der Waals surface area contributed by atoms with E-state index in [0.29, 0.717) is 17.7 Å². The number of hydrogen-bond acceptors (Lipinski definition) is 8. The molecular weight excluding hydrogens is 406 g/mol. The molecule has 2 aromatic heterocycles. The van der Waals surface area contributed by atoms with E-state index in [2.05, 4.69) is 21.3 Å². The van der Waals surface area contributed by atoms with Crippen LogP contribution in [0.15, 0.2) is 27.8 Å². The van der Waals surface area contributed by atoms with Crippen LogP contribution in [0.5, 0.6) is 0 Å². The molecule has 0 atom stereocenters. The van der Waals surface area contributed by atoms with Crippen molar-refractivity contribution in [2.24, 2.45) is 0 Å². The summed E-state index contributed by atoms with van der Waals surface area (Å²) in [4.78, 5) is 19.7. The first kappa shape index (κ1) is 21.0. The quantitative estimate of drug-likeness (QED) is 0.513. The Morgan fingerprint density at radius 1 is 1.24 bits per heavy atom. The molecule has 29 heavy (non-hydrogen) atoms. The molecule has 1 amide bonds. The van der Waals surface area contributed by atoms with Crippen LogP contribution in [0, 0.1) is 39.0 Å². The van der Waals surface area contributed by atoms with Gasteiger partial charge in [0.2, 0.25) is 5.91 Å². The fourth-order valence-corrected chi connectivity index (χ4v) is 4.22. The van der Waals surface area contributed by atoms with Crippen molar-refractivity contribution in [1.29, 1.82) is 5.26 Å². The Bertz CT molecular complexity index is 1070. The van der Waals surface area contributed by atoms with Crippen molar-refractivity contribution in [3.05, 3.63) is 40.0 Å². The minimum Gasteiger partial charge on any atom is -0.410 e. The first-order chi connectivity index (χ1) is 13.9. The maximum absolute atomic E-state index is 12.9. The van der Waals surface area contributed by atoms with E-state index in [1.807, 2.05) is 45.9 Å². The zero-order valence-electron chi connectivity index (χ0n) is 16.7. The number of thiazole rings is 1. The molecule has 0 aliphatic heterocycles. The summed E-state index contributed by atoms with van der Waals surface area (Å²) in [6.45, 7) is 8.19. The van der Waals surface area contributed by atoms with Gasteiger partial charge in [0.05, 0.1) is 28.9 Å². The highest BCUT2D eigenvalue weighted by Crippen LogP contribution is 2.30. The van der Waals surface area contributed by atoms with E-state index in [9.17, 15) is 4.79 Å². The lowest BCUT2D eigenvalue weighted by Gasteiger charge is -2.22. The molecule has 150 valence electrons. The van der Waals surface area contributed by atoms with Gasteiger partial charge in [-0.1, -0.05) is 17.8 Å². The van der Waals surface area contributed by atoms with Gasteiger partial charge in [-0.2, -0.15) is 5.26 Å². The van der Waals surface area contributed by atoms with E-state index in [4.69, 9.17) is 9.68 Å². The summed E-state index contributed by atoms with van der Waals surface area (Å²) in [6.07, 6.45) is 0.262. The van der Waals surface area contributed by atoms with Gasteiger partial charge >= 0.3 is 0 Å². The van der Waals surface area contributed by atoms with Crippen LogP contribution in [-0.2, 0) is 4.79 Å². The number of aromatic nitrogens is 3. The zero-order chi connectivity index (χ0) is 21.0. The Hall–Kier alpha value is -2.70. The standard InChI is InChI=1S/C20H21N5O2S2/c1-12-6-7-16(10-13(12)2)25(9-5-8-21)17(26)11-28-20-24-23-19(27-20)18-14(3)22-15(4)29-18/h6-7,10H,5,9,11H2,1-4H3. The van der Waals surface area contributed by atoms with E-state index in [0.717, 1.165) is 32.4 Å². The number of anilines is 1. The fraction of sp³-hybridized carbons (Fsp3) is 0.350. The van der Waals surface area contributed by atoms with Crippen LogP contribution in [0.3, 0.4) is 0 Å². The van der Waals surface area contributed by atoms with Crippen molar-refractivity contribution in [3.63, 3.8) is 0 Å². The number of rotatable bonds is 7. The fourth-order valence-electron chi connectivity index (χ4n) is 2.74. The van der Waals surface area contributed by atoms with Crippen LogP contribution in [0.25, 0.3) is 10.8 Å². The monoisotopic (exact) mass is 427 g/mol. The predicted molar refractivity (Wildman–Crippen MR) is 114 cm³/mol. The number of nitriles is 1. The van der Waals surface area contributed by atoms with E-state index in [1.165, 1.54) is 23.1 Å². The molecule has 7 nitrogen and oxygen atoms in total. The number of amides is 1. The van der Waals surface area contributed by atoms with Crippen LogP contribution in [0.2, 0.25) is 0 Å². The lowest BCUT2D eigenvalue weighted by Crippen LogP contribution is -2.33. The highest BCUT2D eigenvalue weighted by Gasteiger charge is 2.19. The molecule has 0 fully saturated rings. The van der Waals surface area contributed by atoms with Gasteiger partial charge in [-0.3, -0.25) is 4.79 Å². The largest absolute Gasteiger partial charge is 0.410 e. The highest BCUT2D eigenvalue weighted by molar-refractivity contribution is 7.99. The molecule has 9 heteroatoms. The molecule has 2 heterocycles. The third-order valence-electron chi connectivity index (χ3n) is 4.37. The van der Waals surface area contributed by atoms with Crippen LogP contribution in [0.1, 0.15) is 28.2 Å². The maximum Gasteiger partial charge on any atom is 0.277 e. The summed E-state index contributed by atoms with van der Waals surface area (Å²) >= 11 is 2.69. The van der Waals surface area contributed by atoms with Crippen LogP contribution >= 0.6 is 23.1 Å². The van der Waals surface area contributed by atoms with Gasteiger partial charge in [-0.15, -0.1) is 21.5 Å². The summed E-state index contributed by atoms with van der Waals surface area (Å²) < 4.78 is 5.70. The minimum atomic E-state index is -0.113.